The lowest BCUT2D eigenvalue weighted by atomic mass is 10.2. The Hall–Kier alpha value is -2.07. The summed E-state index contributed by atoms with van der Waals surface area (Å²) in [6, 6.07) is 6.89. The van der Waals surface area contributed by atoms with Crippen molar-refractivity contribution in [1.82, 2.24) is 4.90 Å². The lowest BCUT2D eigenvalue weighted by Gasteiger charge is -2.29. The van der Waals surface area contributed by atoms with E-state index in [1.54, 1.807) is 12.1 Å². The predicted octanol–water partition coefficient (Wildman–Crippen LogP) is 0.804. The summed E-state index contributed by atoms with van der Waals surface area (Å²) in [6.07, 6.45) is 0.940. The first-order valence-corrected chi connectivity index (χ1v) is 11.6. The monoisotopic (exact) mass is 424 g/mol. The number of hydrogen-bond donors (Lipinski definition) is 0. The highest BCUT2D eigenvalue weighted by Gasteiger charge is 2.58. The number of thioether (sulfide) groups is 1. The molecule has 2 saturated heterocycles. The first-order chi connectivity index (χ1) is 13.2. The SMILES string of the molecule is CN(C(=O)COC(=O)[C@@]12CCC(=O)N1c1ccccc1S2)[C@@H]1CCS(=O)(=O)C1. The van der Waals surface area contributed by atoms with E-state index in [0.29, 0.717) is 18.5 Å². The van der Waals surface area contributed by atoms with Gasteiger partial charge >= 0.3 is 5.97 Å². The van der Waals surface area contributed by atoms with Gasteiger partial charge in [0.1, 0.15) is 0 Å². The number of carbonyl (C=O) groups is 3. The van der Waals surface area contributed by atoms with Crippen molar-refractivity contribution in [3.8, 4) is 0 Å². The molecule has 10 heteroatoms. The van der Waals surface area contributed by atoms with Crippen LogP contribution < -0.4 is 4.90 Å². The molecule has 0 aliphatic carbocycles. The van der Waals surface area contributed by atoms with E-state index in [-0.39, 0.29) is 23.8 Å². The topological polar surface area (TPSA) is 101 Å². The Kier molecular flexibility index (Phi) is 4.65. The zero-order valence-electron chi connectivity index (χ0n) is 15.3. The summed E-state index contributed by atoms with van der Waals surface area (Å²) in [4.78, 5) is 40.2. The predicted molar refractivity (Wildman–Crippen MR) is 103 cm³/mol. The number of benzene rings is 1. The van der Waals surface area contributed by atoms with E-state index in [2.05, 4.69) is 0 Å². The zero-order valence-corrected chi connectivity index (χ0v) is 16.9. The summed E-state index contributed by atoms with van der Waals surface area (Å²) in [5, 5.41) is 0. The van der Waals surface area contributed by atoms with Crippen LogP contribution in [0.25, 0.3) is 0 Å². The van der Waals surface area contributed by atoms with Gasteiger partial charge in [-0.05, 0) is 18.6 Å². The molecular weight excluding hydrogens is 404 g/mol. The van der Waals surface area contributed by atoms with Crippen LogP contribution in [0.1, 0.15) is 19.3 Å². The Morgan fingerprint density at radius 1 is 1.36 bits per heavy atom. The van der Waals surface area contributed by atoms with Gasteiger partial charge < -0.3 is 9.64 Å². The second-order valence-electron chi connectivity index (χ2n) is 7.22. The molecule has 28 heavy (non-hydrogen) atoms. The minimum Gasteiger partial charge on any atom is -0.453 e. The standard InChI is InChI=1S/C18H20N2O6S2/c1-19(12-7-9-28(24,25)11-12)16(22)10-26-17(23)18-8-6-15(21)20(18)13-4-2-3-5-14(13)27-18/h2-5,12H,6-11H2,1H3/t12-,18+/m1/s1. The van der Waals surface area contributed by atoms with Crippen LogP contribution in [0.4, 0.5) is 5.69 Å². The van der Waals surface area contributed by atoms with E-state index < -0.39 is 39.2 Å². The molecule has 4 rings (SSSR count). The molecule has 3 heterocycles. The third-order valence-corrected chi connectivity index (χ3v) is 8.68. The van der Waals surface area contributed by atoms with Crippen molar-refractivity contribution in [3.63, 3.8) is 0 Å². The van der Waals surface area contributed by atoms with Crippen LogP contribution in [0.3, 0.4) is 0 Å². The summed E-state index contributed by atoms with van der Waals surface area (Å²) in [7, 11) is -1.60. The molecular formula is C18H20N2O6S2. The van der Waals surface area contributed by atoms with Crippen LogP contribution in [-0.4, -0.2) is 67.2 Å². The smallest absolute Gasteiger partial charge is 0.344 e. The van der Waals surface area contributed by atoms with Gasteiger partial charge in [0.15, 0.2) is 21.3 Å². The van der Waals surface area contributed by atoms with E-state index >= 15 is 0 Å². The molecule has 2 amide bonds. The molecule has 150 valence electrons. The molecule has 2 atom stereocenters. The average Bonchev–Trinajstić information content (AvgIpc) is 3.30. The van der Waals surface area contributed by atoms with Crippen molar-refractivity contribution < 1.29 is 27.5 Å². The number of ether oxygens (including phenoxy) is 1. The maximum Gasteiger partial charge on any atom is 0.344 e. The summed E-state index contributed by atoms with van der Waals surface area (Å²) in [5.41, 5.74) is 0.687. The number of sulfone groups is 1. The fourth-order valence-electron chi connectivity index (χ4n) is 3.90. The summed E-state index contributed by atoms with van der Waals surface area (Å²) < 4.78 is 28.5. The molecule has 0 bridgehead atoms. The molecule has 8 nitrogen and oxygen atoms in total. The highest BCUT2D eigenvalue weighted by atomic mass is 32.2. The number of rotatable bonds is 4. The van der Waals surface area contributed by atoms with Gasteiger partial charge in [0, 0.05) is 30.8 Å². The normalized spacial score (nSPS) is 27.4. The molecule has 2 fully saturated rings. The average molecular weight is 425 g/mol. The number of nitrogens with zero attached hydrogens (tertiary/aromatic N) is 2. The molecule has 0 spiro atoms. The largest absolute Gasteiger partial charge is 0.453 e. The maximum absolute atomic E-state index is 12.9. The molecule has 0 aromatic heterocycles. The van der Waals surface area contributed by atoms with Gasteiger partial charge in [-0.2, -0.15) is 0 Å². The van der Waals surface area contributed by atoms with Crippen molar-refractivity contribution in [2.24, 2.45) is 0 Å². The van der Waals surface area contributed by atoms with Crippen molar-refractivity contribution >= 4 is 45.1 Å². The first kappa shape index (κ1) is 19.3. The minimum absolute atomic E-state index is 0.0597. The Morgan fingerprint density at radius 3 is 2.82 bits per heavy atom. The van der Waals surface area contributed by atoms with Gasteiger partial charge in [-0.25, -0.2) is 13.2 Å². The van der Waals surface area contributed by atoms with Crippen LogP contribution in [0, 0.1) is 0 Å². The molecule has 3 aliphatic heterocycles. The fourth-order valence-corrected chi connectivity index (χ4v) is 7.08. The van der Waals surface area contributed by atoms with E-state index in [4.69, 9.17) is 4.74 Å². The molecule has 0 saturated carbocycles. The van der Waals surface area contributed by atoms with Gasteiger partial charge in [0.25, 0.3) is 5.91 Å². The zero-order chi connectivity index (χ0) is 20.1. The maximum atomic E-state index is 12.9. The number of amides is 2. The number of esters is 1. The second-order valence-corrected chi connectivity index (χ2v) is 10.8. The first-order valence-electron chi connectivity index (χ1n) is 8.98. The van der Waals surface area contributed by atoms with Gasteiger partial charge in [-0.15, -0.1) is 0 Å². The minimum atomic E-state index is -3.12. The van der Waals surface area contributed by atoms with Crippen LogP contribution in [-0.2, 0) is 29.0 Å². The lowest BCUT2D eigenvalue weighted by molar-refractivity contribution is -0.154. The van der Waals surface area contributed by atoms with Gasteiger partial charge in [0.2, 0.25) is 5.91 Å². The molecule has 0 unspecified atom stereocenters. The summed E-state index contributed by atoms with van der Waals surface area (Å²) >= 11 is 1.28. The third-order valence-electron chi connectivity index (χ3n) is 5.47. The van der Waals surface area contributed by atoms with Crippen molar-refractivity contribution in [2.45, 2.75) is 35.1 Å². The molecule has 0 radical (unpaired) electrons. The lowest BCUT2D eigenvalue weighted by Crippen LogP contribution is -2.49. The number of fused-ring (bicyclic) bond motifs is 3. The van der Waals surface area contributed by atoms with E-state index in [0.717, 1.165) is 4.90 Å². The van der Waals surface area contributed by atoms with Gasteiger partial charge in [0.05, 0.1) is 17.2 Å². The molecule has 1 aromatic rings. The number of likely N-dealkylation sites (N-methyl/N-ethyl adjacent to an activating group) is 1. The van der Waals surface area contributed by atoms with Crippen molar-refractivity contribution in [3.05, 3.63) is 24.3 Å². The van der Waals surface area contributed by atoms with Crippen molar-refractivity contribution in [2.75, 3.05) is 30.1 Å². The number of carbonyl (C=O) groups excluding carboxylic acids is 3. The number of hydrogen-bond acceptors (Lipinski definition) is 7. The van der Waals surface area contributed by atoms with Crippen LogP contribution >= 0.6 is 11.8 Å². The molecule has 3 aliphatic rings. The highest BCUT2D eigenvalue weighted by Crippen LogP contribution is 2.56. The highest BCUT2D eigenvalue weighted by molar-refractivity contribution is 8.02. The Labute approximate surface area is 167 Å². The van der Waals surface area contributed by atoms with E-state index in [1.165, 1.54) is 28.6 Å². The summed E-state index contributed by atoms with van der Waals surface area (Å²) in [5.74, 6) is -1.23. The molecule has 1 aromatic carbocycles. The van der Waals surface area contributed by atoms with E-state index in [1.807, 2.05) is 12.1 Å². The van der Waals surface area contributed by atoms with Crippen LogP contribution in [0.5, 0.6) is 0 Å². The fraction of sp³-hybridized carbons (Fsp3) is 0.500. The van der Waals surface area contributed by atoms with Crippen LogP contribution in [0.15, 0.2) is 29.2 Å². The third kappa shape index (κ3) is 3.08. The Bertz CT molecular complexity index is 963. The number of anilines is 1. The number of para-hydroxylation sites is 1. The van der Waals surface area contributed by atoms with Gasteiger partial charge in [-0.3, -0.25) is 14.5 Å². The Balaban J connectivity index is 1.44. The summed E-state index contributed by atoms with van der Waals surface area (Å²) in [6.45, 7) is -0.480. The van der Waals surface area contributed by atoms with Gasteiger partial charge in [-0.1, -0.05) is 23.9 Å². The second kappa shape index (κ2) is 6.77. The van der Waals surface area contributed by atoms with E-state index in [9.17, 15) is 22.8 Å². The van der Waals surface area contributed by atoms with Crippen molar-refractivity contribution in [1.29, 1.82) is 0 Å². The Morgan fingerprint density at radius 2 is 2.11 bits per heavy atom. The van der Waals surface area contributed by atoms with Crippen LogP contribution in [0.2, 0.25) is 0 Å². The quantitative estimate of drug-likeness (QED) is 0.659. The molecule has 0 N–H and O–H groups in total.